The standard InChI is InChI=1S/C12H12FNO2/c13-9-1-2-10-8(5-9)6-11(14-10)12-7-15-3-4-16-12/h1-2,5-6,12,14H,3-4,7H2. The van der Waals surface area contributed by atoms with Crippen molar-refractivity contribution in [2.45, 2.75) is 6.10 Å². The minimum Gasteiger partial charge on any atom is -0.376 e. The van der Waals surface area contributed by atoms with Gasteiger partial charge in [0.15, 0.2) is 0 Å². The Hall–Kier alpha value is -1.39. The smallest absolute Gasteiger partial charge is 0.123 e. The first-order valence-corrected chi connectivity index (χ1v) is 5.30. The number of aromatic amines is 1. The third-order valence-electron chi connectivity index (χ3n) is 2.77. The van der Waals surface area contributed by atoms with E-state index in [-0.39, 0.29) is 11.9 Å². The first-order valence-electron chi connectivity index (χ1n) is 5.30. The lowest BCUT2D eigenvalue weighted by molar-refractivity contribution is -0.0915. The summed E-state index contributed by atoms with van der Waals surface area (Å²) in [7, 11) is 0. The molecule has 1 N–H and O–H groups in total. The molecular weight excluding hydrogens is 209 g/mol. The topological polar surface area (TPSA) is 34.2 Å². The summed E-state index contributed by atoms with van der Waals surface area (Å²) in [5.74, 6) is -0.223. The van der Waals surface area contributed by atoms with Crippen molar-refractivity contribution in [2.24, 2.45) is 0 Å². The number of ether oxygens (including phenoxy) is 2. The van der Waals surface area contributed by atoms with Gasteiger partial charge in [0, 0.05) is 16.6 Å². The molecule has 0 amide bonds. The van der Waals surface area contributed by atoms with Gasteiger partial charge in [0.05, 0.1) is 19.8 Å². The summed E-state index contributed by atoms with van der Waals surface area (Å²) >= 11 is 0. The third-order valence-corrected chi connectivity index (χ3v) is 2.77. The van der Waals surface area contributed by atoms with Crippen LogP contribution < -0.4 is 0 Å². The lowest BCUT2D eigenvalue weighted by Gasteiger charge is -2.21. The van der Waals surface area contributed by atoms with Crippen molar-refractivity contribution in [1.29, 1.82) is 0 Å². The molecule has 0 radical (unpaired) electrons. The van der Waals surface area contributed by atoms with Crippen molar-refractivity contribution >= 4 is 10.9 Å². The number of fused-ring (bicyclic) bond motifs is 1. The monoisotopic (exact) mass is 221 g/mol. The lowest BCUT2D eigenvalue weighted by Crippen LogP contribution is -2.22. The first kappa shape index (κ1) is 9.81. The molecule has 4 heteroatoms. The summed E-state index contributed by atoms with van der Waals surface area (Å²) in [5, 5.41) is 0.865. The maximum atomic E-state index is 13.0. The van der Waals surface area contributed by atoms with Crippen molar-refractivity contribution in [3.63, 3.8) is 0 Å². The Morgan fingerprint density at radius 3 is 3.00 bits per heavy atom. The van der Waals surface area contributed by atoms with E-state index in [0.717, 1.165) is 16.6 Å². The van der Waals surface area contributed by atoms with Gasteiger partial charge >= 0.3 is 0 Å². The fourth-order valence-electron chi connectivity index (χ4n) is 1.97. The van der Waals surface area contributed by atoms with Crippen molar-refractivity contribution in [1.82, 2.24) is 4.98 Å². The number of halogens is 1. The Balaban J connectivity index is 1.97. The van der Waals surface area contributed by atoms with E-state index in [9.17, 15) is 4.39 Å². The first-order chi connectivity index (χ1) is 7.83. The van der Waals surface area contributed by atoms with Crippen LogP contribution in [0.3, 0.4) is 0 Å². The Morgan fingerprint density at radius 2 is 2.19 bits per heavy atom. The zero-order valence-corrected chi connectivity index (χ0v) is 8.70. The number of nitrogens with one attached hydrogen (secondary N) is 1. The van der Waals surface area contributed by atoms with Gasteiger partial charge in [0.25, 0.3) is 0 Å². The van der Waals surface area contributed by atoms with Gasteiger partial charge in [-0.15, -0.1) is 0 Å². The highest BCUT2D eigenvalue weighted by molar-refractivity contribution is 5.80. The summed E-state index contributed by atoms with van der Waals surface area (Å²) < 4.78 is 23.9. The van der Waals surface area contributed by atoms with Crippen LogP contribution in [0.25, 0.3) is 10.9 Å². The molecule has 0 aliphatic carbocycles. The van der Waals surface area contributed by atoms with Gasteiger partial charge in [-0.05, 0) is 24.3 Å². The molecule has 2 aromatic rings. The molecule has 1 unspecified atom stereocenters. The maximum absolute atomic E-state index is 13.0. The average Bonchev–Trinajstić information content (AvgIpc) is 2.73. The van der Waals surface area contributed by atoms with Gasteiger partial charge in [-0.3, -0.25) is 0 Å². The molecule has 3 rings (SSSR count). The second-order valence-corrected chi connectivity index (χ2v) is 3.89. The van der Waals surface area contributed by atoms with Crippen LogP contribution in [-0.2, 0) is 9.47 Å². The Kier molecular flexibility index (Phi) is 2.38. The lowest BCUT2D eigenvalue weighted by atomic mass is 10.2. The molecule has 0 bridgehead atoms. The number of hydrogen-bond acceptors (Lipinski definition) is 2. The largest absolute Gasteiger partial charge is 0.376 e. The van der Waals surface area contributed by atoms with Crippen molar-refractivity contribution in [3.05, 3.63) is 35.8 Å². The van der Waals surface area contributed by atoms with Crippen molar-refractivity contribution < 1.29 is 13.9 Å². The molecule has 3 nitrogen and oxygen atoms in total. The van der Waals surface area contributed by atoms with Crippen LogP contribution in [0, 0.1) is 5.82 Å². The van der Waals surface area contributed by atoms with Gasteiger partial charge in [0.1, 0.15) is 11.9 Å². The molecule has 2 heterocycles. The van der Waals surface area contributed by atoms with Gasteiger partial charge < -0.3 is 14.5 Å². The molecule has 0 spiro atoms. The highest BCUT2D eigenvalue weighted by Crippen LogP contribution is 2.24. The maximum Gasteiger partial charge on any atom is 0.123 e. The number of rotatable bonds is 1. The van der Waals surface area contributed by atoms with Crippen LogP contribution >= 0.6 is 0 Å². The predicted octanol–water partition coefficient (Wildman–Crippen LogP) is 2.39. The average molecular weight is 221 g/mol. The van der Waals surface area contributed by atoms with Gasteiger partial charge in [-0.25, -0.2) is 4.39 Å². The van der Waals surface area contributed by atoms with Crippen molar-refractivity contribution in [3.8, 4) is 0 Å². The fraction of sp³-hybridized carbons (Fsp3) is 0.333. The SMILES string of the molecule is Fc1ccc2[nH]c(C3COCCO3)cc2c1. The zero-order chi connectivity index (χ0) is 11.0. The normalized spacial score (nSPS) is 21.4. The number of H-pyrrole nitrogens is 1. The molecule has 1 atom stereocenters. The van der Waals surface area contributed by atoms with Crippen LogP contribution in [-0.4, -0.2) is 24.8 Å². The minimum atomic E-state index is -0.223. The quantitative estimate of drug-likeness (QED) is 0.802. The van der Waals surface area contributed by atoms with E-state index in [4.69, 9.17) is 9.47 Å². The molecule has 1 aromatic carbocycles. The zero-order valence-electron chi connectivity index (χ0n) is 8.70. The number of benzene rings is 1. The predicted molar refractivity (Wildman–Crippen MR) is 57.8 cm³/mol. The molecule has 1 aromatic heterocycles. The molecule has 1 fully saturated rings. The summed E-state index contributed by atoms with van der Waals surface area (Å²) in [4.78, 5) is 3.22. The highest BCUT2D eigenvalue weighted by atomic mass is 19.1. The Bertz CT molecular complexity index is 503. The molecule has 1 aliphatic heterocycles. The second kappa shape index (κ2) is 3.88. The van der Waals surface area contributed by atoms with Crippen LogP contribution in [0.4, 0.5) is 4.39 Å². The van der Waals surface area contributed by atoms with Crippen LogP contribution in [0.5, 0.6) is 0 Å². The molecular formula is C12H12FNO2. The minimum absolute atomic E-state index is 0.0655. The fourth-order valence-corrected chi connectivity index (χ4v) is 1.97. The van der Waals surface area contributed by atoms with Crippen LogP contribution in [0.2, 0.25) is 0 Å². The van der Waals surface area contributed by atoms with E-state index in [1.807, 2.05) is 6.07 Å². The molecule has 1 saturated heterocycles. The van der Waals surface area contributed by atoms with Gasteiger partial charge in [-0.2, -0.15) is 0 Å². The Morgan fingerprint density at radius 1 is 1.25 bits per heavy atom. The molecule has 0 saturated carbocycles. The number of hydrogen-bond donors (Lipinski definition) is 1. The second-order valence-electron chi connectivity index (χ2n) is 3.89. The van der Waals surface area contributed by atoms with E-state index < -0.39 is 0 Å². The molecule has 16 heavy (non-hydrogen) atoms. The van der Waals surface area contributed by atoms with E-state index in [1.165, 1.54) is 12.1 Å². The Labute approximate surface area is 92.2 Å². The van der Waals surface area contributed by atoms with Crippen molar-refractivity contribution in [2.75, 3.05) is 19.8 Å². The van der Waals surface area contributed by atoms with E-state index in [0.29, 0.717) is 19.8 Å². The van der Waals surface area contributed by atoms with Crippen LogP contribution in [0.1, 0.15) is 11.8 Å². The third kappa shape index (κ3) is 1.70. The van der Waals surface area contributed by atoms with E-state index in [1.54, 1.807) is 6.07 Å². The molecule has 84 valence electrons. The van der Waals surface area contributed by atoms with Gasteiger partial charge in [-0.1, -0.05) is 0 Å². The van der Waals surface area contributed by atoms with E-state index >= 15 is 0 Å². The summed E-state index contributed by atoms with van der Waals surface area (Å²) in [6, 6.07) is 6.61. The van der Waals surface area contributed by atoms with Crippen LogP contribution in [0.15, 0.2) is 24.3 Å². The summed E-state index contributed by atoms with van der Waals surface area (Å²) in [5.41, 5.74) is 1.87. The van der Waals surface area contributed by atoms with Gasteiger partial charge in [0.2, 0.25) is 0 Å². The molecule has 1 aliphatic rings. The summed E-state index contributed by atoms with van der Waals surface area (Å²) in [6.45, 7) is 1.80. The highest BCUT2D eigenvalue weighted by Gasteiger charge is 2.18. The van der Waals surface area contributed by atoms with E-state index in [2.05, 4.69) is 4.98 Å². The summed E-state index contributed by atoms with van der Waals surface area (Å²) in [6.07, 6.45) is -0.0655. The number of aromatic nitrogens is 1.